The summed E-state index contributed by atoms with van der Waals surface area (Å²) in [6.45, 7) is 5.59. The number of aryl methyl sites for hydroxylation is 3. The molecule has 2 aromatic rings. The molecule has 0 atom stereocenters. The van der Waals surface area contributed by atoms with Gasteiger partial charge in [0.15, 0.2) is 5.16 Å². The number of thioether (sulfide) groups is 1. The number of para-hydroxylation sites is 1. The van der Waals surface area contributed by atoms with Crippen LogP contribution in [0.4, 0.5) is 5.69 Å². The smallest absolute Gasteiger partial charge is 0.273 e. The van der Waals surface area contributed by atoms with Gasteiger partial charge in [-0.1, -0.05) is 36.9 Å². The quantitative estimate of drug-likeness (QED) is 0.824. The molecule has 0 radical (unpaired) electrons. The lowest BCUT2D eigenvalue weighted by molar-refractivity contribution is -0.113. The van der Waals surface area contributed by atoms with Crippen LogP contribution in [-0.2, 0) is 11.2 Å². The summed E-state index contributed by atoms with van der Waals surface area (Å²) in [5.74, 6) is 0.0164. The van der Waals surface area contributed by atoms with Gasteiger partial charge >= 0.3 is 0 Å². The van der Waals surface area contributed by atoms with Crippen molar-refractivity contribution in [2.45, 2.75) is 32.3 Å². The number of carbonyl (C=O) groups is 1. The van der Waals surface area contributed by atoms with E-state index in [9.17, 15) is 9.59 Å². The van der Waals surface area contributed by atoms with Crippen molar-refractivity contribution in [1.29, 1.82) is 0 Å². The van der Waals surface area contributed by atoms with Crippen LogP contribution in [0.2, 0.25) is 0 Å². The zero-order valence-corrected chi connectivity index (χ0v) is 13.6. The van der Waals surface area contributed by atoms with Crippen LogP contribution in [-0.4, -0.2) is 26.8 Å². The van der Waals surface area contributed by atoms with Gasteiger partial charge in [-0.25, -0.2) is 0 Å². The normalized spacial score (nSPS) is 10.5. The van der Waals surface area contributed by atoms with Crippen molar-refractivity contribution in [2.24, 2.45) is 0 Å². The van der Waals surface area contributed by atoms with E-state index in [0.717, 1.165) is 35.0 Å². The van der Waals surface area contributed by atoms with Crippen LogP contribution in [0, 0.1) is 13.8 Å². The number of carbonyl (C=O) groups excluding carboxylic acids is 1. The molecule has 0 unspecified atom stereocenters. The van der Waals surface area contributed by atoms with Gasteiger partial charge in [0, 0.05) is 5.69 Å². The molecule has 116 valence electrons. The molecule has 1 amide bonds. The van der Waals surface area contributed by atoms with Crippen LogP contribution in [0.15, 0.2) is 28.2 Å². The molecule has 2 rings (SSSR count). The average molecular weight is 318 g/mol. The van der Waals surface area contributed by atoms with E-state index in [0.29, 0.717) is 10.9 Å². The van der Waals surface area contributed by atoms with Gasteiger partial charge in [0.05, 0.1) is 5.75 Å². The second kappa shape index (κ2) is 7.22. The first-order valence-electron chi connectivity index (χ1n) is 6.96. The average Bonchev–Trinajstić information content (AvgIpc) is 2.50. The first kappa shape index (κ1) is 16.2. The SMILES string of the molecule is CCc1cccc(C)c1NC(=O)CSc1nnc(C)c(=O)[nH]1. The fraction of sp³-hybridized carbons (Fsp3) is 0.333. The zero-order chi connectivity index (χ0) is 16.1. The van der Waals surface area contributed by atoms with Crippen molar-refractivity contribution >= 4 is 23.4 Å². The first-order valence-corrected chi connectivity index (χ1v) is 7.94. The maximum absolute atomic E-state index is 12.1. The fourth-order valence-electron chi connectivity index (χ4n) is 1.95. The number of nitrogens with one attached hydrogen (secondary N) is 2. The van der Waals surface area contributed by atoms with Crippen LogP contribution >= 0.6 is 11.8 Å². The van der Waals surface area contributed by atoms with Gasteiger partial charge in [-0.05, 0) is 31.4 Å². The summed E-state index contributed by atoms with van der Waals surface area (Å²) < 4.78 is 0. The summed E-state index contributed by atoms with van der Waals surface area (Å²) in [6, 6.07) is 5.94. The number of aromatic amines is 1. The second-order valence-corrected chi connectivity index (χ2v) is 5.81. The number of amides is 1. The first-order chi connectivity index (χ1) is 10.5. The highest BCUT2D eigenvalue weighted by Crippen LogP contribution is 2.21. The van der Waals surface area contributed by atoms with Crippen LogP contribution < -0.4 is 10.9 Å². The minimum atomic E-state index is -0.287. The Morgan fingerprint density at radius 3 is 2.77 bits per heavy atom. The molecular formula is C15H18N4O2S. The number of rotatable bonds is 5. The van der Waals surface area contributed by atoms with E-state index in [-0.39, 0.29) is 17.2 Å². The molecule has 2 N–H and O–H groups in total. The number of nitrogens with zero attached hydrogens (tertiary/aromatic N) is 2. The topological polar surface area (TPSA) is 87.7 Å². The fourth-order valence-corrected chi connectivity index (χ4v) is 2.56. The maximum atomic E-state index is 12.1. The van der Waals surface area contributed by atoms with Gasteiger partial charge in [0.25, 0.3) is 5.56 Å². The summed E-state index contributed by atoms with van der Waals surface area (Å²) in [5.41, 5.74) is 3.01. The maximum Gasteiger partial charge on any atom is 0.273 e. The Labute approximate surface area is 132 Å². The molecule has 22 heavy (non-hydrogen) atoms. The third-order valence-electron chi connectivity index (χ3n) is 3.18. The summed E-state index contributed by atoms with van der Waals surface area (Å²) in [5, 5.41) is 10.8. The van der Waals surface area contributed by atoms with Gasteiger partial charge < -0.3 is 5.32 Å². The van der Waals surface area contributed by atoms with E-state index in [2.05, 4.69) is 20.5 Å². The van der Waals surface area contributed by atoms with E-state index in [1.54, 1.807) is 6.92 Å². The van der Waals surface area contributed by atoms with Crippen molar-refractivity contribution in [3.63, 3.8) is 0 Å². The predicted octanol–water partition coefficient (Wildman–Crippen LogP) is 2.07. The van der Waals surface area contributed by atoms with Gasteiger partial charge in [-0.15, -0.1) is 10.2 Å². The molecule has 7 heteroatoms. The predicted molar refractivity (Wildman–Crippen MR) is 87.3 cm³/mol. The standard InChI is InChI=1S/C15H18N4O2S/c1-4-11-7-5-6-9(2)13(11)16-12(20)8-22-15-17-14(21)10(3)18-19-15/h5-7H,4,8H2,1-3H3,(H,16,20)(H,17,19,21). The number of benzene rings is 1. The molecule has 0 aliphatic rings. The van der Waals surface area contributed by atoms with E-state index in [1.165, 1.54) is 0 Å². The molecular weight excluding hydrogens is 300 g/mol. The van der Waals surface area contributed by atoms with Gasteiger partial charge in [-0.3, -0.25) is 14.6 Å². The molecule has 6 nitrogen and oxygen atoms in total. The Kier molecular flexibility index (Phi) is 5.32. The molecule has 1 heterocycles. The van der Waals surface area contributed by atoms with E-state index in [1.807, 2.05) is 32.0 Å². The van der Waals surface area contributed by atoms with Gasteiger partial charge in [0.1, 0.15) is 5.69 Å². The Morgan fingerprint density at radius 1 is 1.32 bits per heavy atom. The molecule has 0 saturated heterocycles. The molecule has 0 fully saturated rings. The van der Waals surface area contributed by atoms with Crippen molar-refractivity contribution in [2.75, 3.05) is 11.1 Å². The van der Waals surface area contributed by atoms with Crippen molar-refractivity contribution < 1.29 is 4.79 Å². The number of H-pyrrole nitrogens is 1. The third kappa shape index (κ3) is 3.94. The Bertz CT molecular complexity index is 743. The van der Waals surface area contributed by atoms with Crippen LogP contribution in [0.3, 0.4) is 0 Å². The highest BCUT2D eigenvalue weighted by molar-refractivity contribution is 7.99. The second-order valence-electron chi connectivity index (χ2n) is 4.84. The Morgan fingerprint density at radius 2 is 2.09 bits per heavy atom. The number of hydrogen-bond acceptors (Lipinski definition) is 5. The van der Waals surface area contributed by atoms with Crippen LogP contribution in [0.5, 0.6) is 0 Å². The lowest BCUT2D eigenvalue weighted by Gasteiger charge is -2.12. The Balaban J connectivity index is 2.02. The number of hydrogen-bond donors (Lipinski definition) is 2. The lowest BCUT2D eigenvalue weighted by Crippen LogP contribution is -2.18. The van der Waals surface area contributed by atoms with Crippen molar-refractivity contribution in [1.82, 2.24) is 15.2 Å². The molecule has 0 bridgehead atoms. The molecule has 0 aliphatic carbocycles. The van der Waals surface area contributed by atoms with Crippen LogP contribution in [0.1, 0.15) is 23.7 Å². The summed E-state index contributed by atoms with van der Waals surface area (Å²) in [4.78, 5) is 26.1. The van der Waals surface area contributed by atoms with Crippen molar-refractivity contribution in [3.05, 3.63) is 45.4 Å². The number of aromatic nitrogens is 3. The minimum Gasteiger partial charge on any atom is -0.325 e. The molecule has 0 aliphatic heterocycles. The van der Waals surface area contributed by atoms with Crippen LogP contribution in [0.25, 0.3) is 0 Å². The largest absolute Gasteiger partial charge is 0.325 e. The molecule has 0 spiro atoms. The van der Waals surface area contributed by atoms with E-state index >= 15 is 0 Å². The summed E-state index contributed by atoms with van der Waals surface area (Å²) in [6.07, 6.45) is 0.848. The summed E-state index contributed by atoms with van der Waals surface area (Å²) >= 11 is 1.15. The Hall–Kier alpha value is -2.15. The third-order valence-corrected chi connectivity index (χ3v) is 4.05. The van der Waals surface area contributed by atoms with E-state index < -0.39 is 0 Å². The monoisotopic (exact) mass is 318 g/mol. The van der Waals surface area contributed by atoms with Gasteiger partial charge in [-0.2, -0.15) is 0 Å². The molecule has 0 saturated carbocycles. The van der Waals surface area contributed by atoms with Gasteiger partial charge in [0.2, 0.25) is 5.91 Å². The molecule has 1 aromatic heterocycles. The number of anilines is 1. The summed E-state index contributed by atoms with van der Waals surface area (Å²) in [7, 11) is 0. The highest BCUT2D eigenvalue weighted by Gasteiger charge is 2.10. The zero-order valence-electron chi connectivity index (χ0n) is 12.8. The van der Waals surface area contributed by atoms with Crippen molar-refractivity contribution in [3.8, 4) is 0 Å². The van der Waals surface area contributed by atoms with E-state index in [4.69, 9.17) is 0 Å². The molecule has 1 aromatic carbocycles. The lowest BCUT2D eigenvalue weighted by atomic mass is 10.1. The highest BCUT2D eigenvalue weighted by atomic mass is 32.2. The minimum absolute atomic E-state index is 0.141.